The summed E-state index contributed by atoms with van der Waals surface area (Å²) in [5.41, 5.74) is 3.60. The average molecular weight is 366 g/mol. The van der Waals surface area contributed by atoms with Gasteiger partial charge in [0.05, 0.1) is 6.04 Å². The molecule has 1 heterocycles. The first-order valence-corrected chi connectivity index (χ1v) is 9.38. The van der Waals surface area contributed by atoms with E-state index in [2.05, 4.69) is 53.9 Å². The van der Waals surface area contributed by atoms with Gasteiger partial charge in [-0.2, -0.15) is 0 Å². The van der Waals surface area contributed by atoms with Gasteiger partial charge in [-0.15, -0.1) is 0 Å². The van der Waals surface area contributed by atoms with E-state index in [1.807, 2.05) is 18.2 Å². The molecular weight excluding hydrogens is 349 g/mol. The fourth-order valence-corrected chi connectivity index (χ4v) is 5.11. The highest BCUT2D eigenvalue weighted by atomic mass is 35.5. The van der Waals surface area contributed by atoms with Crippen LogP contribution in [0.3, 0.4) is 0 Å². The van der Waals surface area contributed by atoms with Crippen molar-refractivity contribution in [2.24, 2.45) is 5.92 Å². The second kappa shape index (κ2) is 5.79. The van der Waals surface area contributed by atoms with Crippen molar-refractivity contribution in [3.63, 3.8) is 0 Å². The third-order valence-electron chi connectivity index (χ3n) is 5.57. The Bertz CT molecular complexity index is 988. The first-order valence-electron chi connectivity index (χ1n) is 8.63. The van der Waals surface area contributed by atoms with Gasteiger partial charge in [0.15, 0.2) is 0 Å². The van der Waals surface area contributed by atoms with Crippen molar-refractivity contribution in [2.45, 2.75) is 18.4 Å². The SMILES string of the molecule is Clc1cccc(Cl)c1C1Nc2ccc3ccccc3c2C2C=CCC21. The maximum absolute atomic E-state index is 6.53. The fraction of sp³-hybridized carbons (Fsp3) is 0.182. The minimum atomic E-state index is 0.120. The Hall–Kier alpha value is -1.96. The molecule has 3 aromatic rings. The molecule has 0 bridgehead atoms. The third kappa shape index (κ3) is 2.30. The van der Waals surface area contributed by atoms with Crippen LogP contribution in [0.2, 0.25) is 10.0 Å². The molecule has 0 amide bonds. The predicted octanol–water partition coefficient (Wildman–Crippen LogP) is 6.97. The van der Waals surface area contributed by atoms with Crippen LogP contribution in [0.15, 0.2) is 66.7 Å². The molecule has 3 unspecified atom stereocenters. The number of nitrogens with one attached hydrogen (secondary N) is 1. The van der Waals surface area contributed by atoms with Crippen LogP contribution in [0.25, 0.3) is 10.8 Å². The zero-order valence-corrected chi connectivity index (χ0v) is 15.1. The number of allylic oxidation sites excluding steroid dienone is 2. The summed E-state index contributed by atoms with van der Waals surface area (Å²) in [4.78, 5) is 0. The molecule has 1 N–H and O–H groups in total. The monoisotopic (exact) mass is 365 g/mol. The number of hydrogen-bond acceptors (Lipinski definition) is 1. The van der Waals surface area contributed by atoms with E-state index < -0.39 is 0 Å². The number of fused-ring (bicyclic) bond motifs is 5. The van der Waals surface area contributed by atoms with Gasteiger partial charge in [-0.1, -0.05) is 71.8 Å². The lowest BCUT2D eigenvalue weighted by atomic mass is 9.75. The molecule has 0 spiro atoms. The first kappa shape index (κ1) is 15.3. The van der Waals surface area contributed by atoms with Crippen LogP contribution >= 0.6 is 23.2 Å². The summed E-state index contributed by atoms with van der Waals surface area (Å²) in [5.74, 6) is 0.815. The van der Waals surface area contributed by atoms with Crippen LogP contribution < -0.4 is 5.32 Å². The lowest BCUT2D eigenvalue weighted by Crippen LogP contribution is -2.29. The summed E-state index contributed by atoms with van der Waals surface area (Å²) in [6, 6.07) is 18.9. The standard InChI is InChI=1S/C22H17Cl2N/c23-17-9-4-10-18(24)21(17)22-16-8-3-7-15(16)20-14-6-2-1-5-13(14)11-12-19(20)25-22/h1-7,9-12,15-16,22,25H,8H2. The second-order valence-corrected chi connectivity index (χ2v) is 7.67. The van der Waals surface area contributed by atoms with E-state index in [0.29, 0.717) is 11.8 Å². The van der Waals surface area contributed by atoms with Crippen LogP contribution in [0.1, 0.15) is 29.5 Å². The van der Waals surface area contributed by atoms with Crippen molar-refractivity contribution < 1.29 is 0 Å². The molecule has 0 saturated carbocycles. The van der Waals surface area contributed by atoms with E-state index in [-0.39, 0.29) is 6.04 Å². The van der Waals surface area contributed by atoms with Gasteiger partial charge in [0.25, 0.3) is 0 Å². The molecule has 3 aromatic carbocycles. The molecule has 0 saturated heterocycles. The van der Waals surface area contributed by atoms with Gasteiger partial charge in [0.2, 0.25) is 0 Å². The normalized spacial score (nSPS) is 24.0. The van der Waals surface area contributed by atoms with Crippen LogP contribution in [0.4, 0.5) is 5.69 Å². The minimum absolute atomic E-state index is 0.120. The van der Waals surface area contributed by atoms with Crippen LogP contribution in [0, 0.1) is 5.92 Å². The highest BCUT2D eigenvalue weighted by Gasteiger charge is 2.40. The second-order valence-electron chi connectivity index (χ2n) is 6.86. The highest BCUT2D eigenvalue weighted by molar-refractivity contribution is 6.36. The van der Waals surface area contributed by atoms with E-state index in [4.69, 9.17) is 23.2 Å². The van der Waals surface area contributed by atoms with Gasteiger partial charge in [-0.25, -0.2) is 0 Å². The van der Waals surface area contributed by atoms with Crippen molar-refractivity contribution in [3.05, 3.63) is 87.9 Å². The molecule has 1 nitrogen and oxygen atoms in total. The Morgan fingerprint density at radius 1 is 0.840 bits per heavy atom. The molecule has 1 aliphatic heterocycles. The van der Waals surface area contributed by atoms with E-state index in [0.717, 1.165) is 22.0 Å². The van der Waals surface area contributed by atoms with Crippen LogP contribution in [0.5, 0.6) is 0 Å². The zero-order chi connectivity index (χ0) is 17.0. The largest absolute Gasteiger partial charge is 0.378 e. The third-order valence-corrected chi connectivity index (χ3v) is 6.23. The topological polar surface area (TPSA) is 12.0 Å². The smallest absolute Gasteiger partial charge is 0.0583 e. The molecule has 25 heavy (non-hydrogen) atoms. The summed E-state index contributed by atoms with van der Waals surface area (Å²) >= 11 is 13.1. The number of rotatable bonds is 1. The summed E-state index contributed by atoms with van der Waals surface area (Å²) in [7, 11) is 0. The molecular formula is C22H17Cl2N. The summed E-state index contributed by atoms with van der Waals surface area (Å²) in [6.45, 7) is 0. The Morgan fingerprint density at radius 2 is 1.64 bits per heavy atom. The molecule has 1 aliphatic carbocycles. The van der Waals surface area contributed by atoms with Gasteiger partial charge < -0.3 is 5.32 Å². The highest BCUT2D eigenvalue weighted by Crippen LogP contribution is 2.53. The van der Waals surface area contributed by atoms with Gasteiger partial charge in [0.1, 0.15) is 0 Å². The Balaban J connectivity index is 1.72. The Morgan fingerprint density at radius 3 is 2.48 bits per heavy atom. The van der Waals surface area contributed by atoms with Crippen LogP contribution in [-0.4, -0.2) is 0 Å². The van der Waals surface area contributed by atoms with Gasteiger partial charge in [-0.3, -0.25) is 0 Å². The summed E-state index contributed by atoms with van der Waals surface area (Å²) in [6.07, 6.45) is 5.69. The van der Waals surface area contributed by atoms with E-state index >= 15 is 0 Å². The summed E-state index contributed by atoms with van der Waals surface area (Å²) < 4.78 is 0. The first-order chi connectivity index (χ1) is 12.2. The lowest BCUT2D eigenvalue weighted by molar-refractivity contribution is 0.427. The molecule has 2 aliphatic rings. The van der Waals surface area contributed by atoms with Gasteiger partial charge in [-0.05, 0) is 46.9 Å². The average Bonchev–Trinajstić information content (AvgIpc) is 3.11. The maximum atomic E-state index is 6.53. The maximum Gasteiger partial charge on any atom is 0.0583 e. The Kier molecular flexibility index (Phi) is 3.55. The summed E-state index contributed by atoms with van der Waals surface area (Å²) in [5, 5.41) is 7.84. The van der Waals surface area contributed by atoms with Crippen LogP contribution in [-0.2, 0) is 0 Å². The molecule has 0 fully saturated rings. The van der Waals surface area contributed by atoms with Gasteiger partial charge >= 0.3 is 0 Å². The van der Waals surface area contributed by atoms with Crippen molar-refractivity contribution >= 4 is 39.7 Å². The Labute approximate surface area is 157 Å². The van der Waals surface area contributed by atoms with Crippen molar-refractivity contribution in [1.29, 1.82) is 0 Å². The van der Waals surface area contributed by atoms with E-state index in [1.54, 1.807) is 0 Å². The fourth-order valence-electron chi connectivity index (χ4n) is 4.47. The molecule has 5 rings (SSSR count). The number of benzene rings is 3. The predicted molar refractivity (Wildman–Crippen MR) is 107 cm³/mol. The molecule has 3 atom stereocenters. The molecule has 124 valence electrons. The molecule has 0 aromatic heterocycles. The van der Waals surface area contributed by atoms with Crippen molar-refractivity contribution in [2.75, 3.05) is 5.32 Å². The number of hydrogen-bond donors (Lipinski definition) is 1. The molecule has 3 heteroatoms. The zero-order valence-electron chi connectivity index (χ0n) is 13.5. The minimum Gasteiger partial charge on any atom is -0.378 e. The number of anilines is 1. The van der Waals surface area contributed by atoms with Gasteiger partial charge in [0, 0.05) is 27.2 Å². The van der Waals surface area contributed by atoms with E-state index in [9.17, 15) is 0 Å². The van der Waals surface area contributed by atoms with Crippen molar-refractivity contribution in [1.82, 2.24) is 0 Å². The quantitative estimate of drug-likeness (QED) is 0.459. The van der Waals surface area contributed by atoms with Crippen molar-refractivity contribution in [3.8, 4) is 0 Å². The number of halogens is 2. The van der Waals surface area contributed by atoms with E-state index in [1.165, 1.54) is 22.0 Å². The molecule has 0 radical (unpaired) electrons. The lowest BCUT2D eigenvalue weighted by Gasteiger charge is -2.38.